The minimum Gasteiger partial charge on any atom is -0.482 e. The maximum Gasteiger partial charge on any atom is 0.270 e. The third kappa shape index (κ3) is 4.74. The van der Waals surface area contributed by atoms with Gasteiger partial charge in [-0.1, -0.05) is 0 Å². The number of hydrogen-bond donors (Lipinski definition) is 0. The van der Waals surface area contributed by atoms with Gasteiger partial charge in [0, 0.05) is 45.5 Å². The summed E-state index contributed by atoms with van der Waals surface area (Å²) < 4.78 is 7.09. The first-order chi connectivity index (χ1) is 19.8. The molecule has 10 heteroatoms. The number of benzene rings is 1. The lowest BCUT2D eigenvalue weighted by atomic mass is 9.88. The van der Waals surface area contributed by atoms with Crippen LogP contribution in [0, 0.1) is 28.6 Å². The summed E-state index contributed by atoms with van der Waals surface area (Å²) in [7, 11) is 5.35. The quantitative estimate of drug-likeness (QED) is 0.455. The highest BCUT2D eigenvalue weighted by Gasteiger charge is 2.34. The molecule has 1 aromatic carbocycles. The van der Waals surface area contributed by atoms with Crippen LogP contribution in [0.4, 0.5) is 17.1 Å². The Bertz CT molecular complexity index is 1670. The zero-order valence-electron chi connectivity index (χ0n) is 23.6. The van der Waals surface area contributed by atoms with Gasteiger partial charge in [-0.25, -0.2) is 4.98 Å². The Morgan fingerprint density at radius 3 is 2.41 bits per heavy atom. The van der Waals surface area contributed by atoms with E-state index in [1.807, 2.05) is 18.0 Å². The van der Waals surface area contributed by atoms with Crippen molar-refractivity contribution < 1.29 is 9.53 Å². The van der Waals surface area contributed by atoms with Gasteiger partial charge in [0.05, 0.1) is 16.9 Å². The van der Waals surface area contributed by atoms with Crippen molar-refractivity contribution in [1.82, 2.24) is 9.55 Å². The van der Waals surface area contributed by atoms with E-state index in [0.717, 1.165) is 49.4 Å². The van der Waals surface area contributed by atoms with Gasteiger partial charge in [0.25, 0.3) is 11.5 Å². The summed E-state index contributed by atoms with van der Waals surface area (Å²) in [6.07, 6.45) is 6.15. The van der Waals surface area contributed by atoms with E-state index in [2.05, 4.69) is 34.2 Å². The predicted molar refractivity (Wildman–Crippen MR) is 156 cm³/mol. The second-order valence-electron chi connectivity index (χ2n) is 11.4. The highest BCUT2D eigenvalue weighted by atomic mass is 16.5. The number of nitriles is 2. The minimum atomic E-state index is -0.363. The van der Waals surface area contributed by atoms with Crippen LogP contribution in [0.2, 0.25) is 0 Å². The molecular weight excluding hydrogens is 518 g/mol. The summed E-state index contributed by atoms with van der Waals surface area (Å²) in [5.41, 5.74) is 3.45. The van der Waals surface area contributed by atoms with E-state index < -0.39 is 0 Å². The third-order valence-electron chi connectivity index (χ3n) is 8.96. The molecular formula is C31H33N7O3. The lowest BCUT2D eigenvalue weighted by Gasteiger charge is -2.42. The molecule has 6 rings (SSSR count). The molecule has 2 saturated carbocycles. The Morgan fingerprint density at radius 2 is 1.73 bits per heavy atom. The lowest BCUT2D eigenvalue weighted by molar-refractivity contribution is -0.120. The monoisotopic (exact) mass is 551 g/mol. The molecule has 41 heavy (non-hydrogen) atoms. The number of pyridine rings is 2. The molecule has 0 saturated heterocycles. The standard InChI is InChI=1S/C31H33N7O3/c1-35(30-24(16-33)31(40)37(3)25-12-6-20(15-32)34-29(25)30)21-7-9-22(10-8-21)38(17-19-4-5-19)23-11-13-27-26(14-23)36(2)28(39)18-41-27/h6,11-14,19,21-22H,4-5,7-10,17-18H2,1-3H3. The largest absolute Gasteiger partial charge is 0.482 e. The zero-order valence-corrected chi connectivity index (χ0v) is 23.6. The van der Waals surface area contributed by atoms with Crippen LogP contribution in [0.15, 0.2) is 35.1 Å². The molecule has 2 aromatic heterocycles. The van der Waals surface area contributed by atoms with Crippen LogP contribution < -0.4 is 25.0 Å². The minimum absolute atomic E-state index is 0.0525. The van der Waals surface area contributed by atoms with E-state index in [1.165, 1.54) is 17.4 Å². The van der Waals surface area contributed by atoms with E-state index >= 15 is 0 Å². The number of aryl methyl sites for hydroxylation is 1. The van der Waals surface area contributed by atoms with Crippen LogP contribution in [0.25, 0.3) is 11.0 Å². The number of rotatable bonds is 6. The fraction of sp³-hybridized carbons (Fsp3) is 0.452. The van der Waals surface area contributed by atoms with Gasteiger partial charge >= 0.3 is 0 Å². The summed E-state index contributed by atoms with van der Waals surface area (Å²) in [6.45, 7) is 1.05. The van der Waals surface area contributed by atoms with Gasteiger partial charge in [-0.2, -0.15) is 10.5 Å². The molecule has 1 aliphatic heterocycles. The van der Waals surface area contributed by atoms with E-state index in [4.69, 9.17) is 4.74 Å². The maximum atomic E-state index is 13.1. The fourth-order valence-electron chi connectivity index (χ4n) is 6.32. The maximum absolute atomic E-state index is 13.1. The second kappa shape index (κ2) is 10.4. The average Bonchev–Trinajstić information content (AvgIpc) is 3.83. The number of carbonyl (C=O) groups excluding carboxylic acids is 1. The Balaban J connectivity index is 1.27. The normalized spacial score (nSPS) is 20.1. The Morgan fingerprint density at radius 1 is 1.00 bits per heavy atom. The number of fused-ring (bicyclic) bond motifs is 2. The summed E-state index contributed by atoms with van der Waals surface area (Å²) in [6, 6.07) is 14.1. The topological polar surface area (TPSA) is 118 Å². The van der Waals surface area contributed by atoms with Crippen molar-refractivity contribution in [2.75, 3.05) is 41.9 Å². The van der Waals surface area contributed by atoms with Crippen LogP contribution in [0.1, 0.15) is 49.8 Å². The summed E-state index contributed by atoms with van der Waals surface area (Å²) in [4.78, 5) is 36.1. The number of amides is 1. The highest BCUT2D eigenvalue weighted by molar-refractivity contribution is 5.98. The van der Waals surface area contributed by atoms with Crippen molar-refractivity contribution in [3.63, 3.8) is 0 Å². The van der Waals surface area contributed by atoms with Gasteiger partial charge < -0.3 is 24.0 Å². The summed E-state index contributed by atoms with van der Waals surface area (Å²) >= 11 is 0. The first-order valence-electron chi connectivity index (χ1n) is 14.2. The van der Waals surface area contributed by atoms with Gasteiger partial charge in [-0.05, 0) is 74.8 Å². The Kier molecular flexibility index (Phi) is 6.78. The first-order valence-corrected chi connectivity index (χ1v) is 14.2. The molecule has 10 nitrogen and oxygen atoms in total. The number of likely N-dealkylation sites (N-methyl/N-ethyl adjacent to an activating group) is 1. The van der Waals surface area contributed by atoms with Gasteiger partial charge in [-0.3, -0.25) is 9.59 Å². The van der Waals surface area contributed by atoms with E-state index in [-0.39, 0.29) is 35.4 Å². The molecule has 2 aliphatic carbocycles. The highest BCUT2D eigenvalue weighted by Crippen LogP contribution is 2.40. The second-order valence-corrected chi connectivity index (χ2v) is 11.4. The first kappa shape index (κ1) is 26.6. The Labute approximate surface area is 239 Å². The number of anilines is 3. The predicted octanol–water partition coefficient (Wildman–Crippen LogP) is 3.70. The van der Waals surface area contributed by atoms with E-state index in [9.17, 15) is 20.1 Å². The van der Waals surface area contributed by atoms with Crippen molar-refractivity contribution in [2.45, 2.75) is 50.6 Å². The van der Waals surface area contributed by atoms with E-state index in [0.29, 0.717) is 28.7 Å². The molecule has 210 valence electrons. The van der Waals surface area contributed by atoms with Gasteiger partial charge in [0.15, 0.2) is 6.61 Å². The molecule has 0 spiro atoms. The van der Waals surface area contributed by atoms with Gasteiger partial charge in [0.1, 0.15) is 34.7 Å². The molecule has 0 N–H and O–H groups in total. The van der Waals surface area contributed by atoms with Crippen molar-refractivity contribution in [2.24, 2.45) is 13.0 Å². The molecule has 3 heterocycles. The van der Waals surface area contributed by atoms with Crippen LogP contribution in [0.3, 0.4) is 0 Å². The van der Waals surface area contributed by atoms with Gasteiger partial charge in [-0.15, -0.1) is 0 Å². The number of nitrogens with zero attached hydrogens (tertiary/aromatic N) is 7. The lowest BCUT2D eigenvalue weighted by Crippen LogP contribution is -2.45. The molecule has 1 amide bonds. The molecule has 0 bridgehead atoms. The summed E-state index contributed by atoms with van der Waals surface area (Å²) in [5.74, 6) is 1.37. The zero-order chi connectivity index (χ0) is 28.8. The molecule has 3 aromatic rings. The molecule has 2 fully saturated rings. The SMILES string of the molecule is CN1C(=O)COc2ccc(N(CC3CC3)C3CCC(N(C)c4c(C#N)c(=O)n(C)c5ccc(C#N)nc45)CC3)cc21. The summed E-state index contributed by atoms with van der Waals surface area (Å²) in [5, 5.41) is 19.5. The number of aromatic nitrogens is 2. The molecule has 0 radical (unpaired) electrons. The van der Waals surface area contributed by atoms with Crippen LogP contribution in [-0.4, -0.2) is 54.8 Å². The van der Waals surface area contributed by atoms with Gasteiger partial charge in [0.2, 0.25) is 0 Å². The number of hydrogen-bond acceptors (Lipinski definition) is 8. The molecule has 0 unspecified atom stereocenters. The van der Waals surface area contributed by atoms with Crippen molar-refractivity contribution in [3.8, 4) is 17.9 Å². The molecule has 3 aliphatic rings. The fourth-order valence-corrected chi connectivity index (χ4v) is 6.32. The van der Waals surface area contributed by atoms with Crippen molar-refractivity contribution >= 4 is 34.0 Å². The van der Waals surface area contributed by atoms with E-state index in [1.54, 1.807) is 31.1 Å². The molecule has 0 atom stereocenters. The average molecular weight is 552 g/mol. The smallest absolute Gasteiger partial charge is 0.270 e. The van der Waals surface area contributed by atoms with Crippen molar-refractivity contribution in [3.05, 3.63) is 51.9 Å². The van der Waals surface area contributed by atoms with Crippen LogP contribution in [-0.2, 0) is 11.8 Å². The van der Waals surface area contributed by atoms with Crippen molar-refractivity contribution in [1.29, 1.82) is 10.5 Å². The van der Waals surface area contributed by atoms with Crippen LogP contribution in [0.5, 0.6) is 5.75 Å². The van der Waals surface area contributed by atoms with Crippen LogP contribution >= 0.6 is 0 Å². The number of carbonyl (C=O) groups is 1. The third-order valence-corrected chi connectivity index (χ3v) is 8.96. The Hall–Kier alpha value is -4.57. The number of ether oxygens (including phenoxy) is 1.